The lowest BCUT2D eigenvalue weighted by molar-refractivity contribution is -0.122. The summed E-state index contributed by atoms with van der Waals surface area (Å²) < 4.78 is 11.0. The molecule has 4 N–H and O–H groups in total. The Morgan fingerprint density at radius 2 is 2.13 bits per heavy atom. The lowest BCUT2D eigenvalue weighted by Crippen LogP contribution is -2.20. The smallest absolute Gasteiger partial charge is 0.342 e. The van der Waals surface area contributed by atoms with Gasteiger partial charge in [-0.25, -0.2) is 4.79 Å². The number of nitrogens with zero attached hydrogens (tertiary/aromatic N) is 1. The molecule has 10 heteroatoms. The number of amides is 1. The highest BCUT2D eigenvalue weighted by atomic mass is 35.5. The van der Waals surface area contributed by atoms with E-state index in [4.69, 9.17) is 31.6 Å². The molecule has 2 aliphatic rings. The molecule has 3 atom stereocenters. The number of rotatable bonds is 3. The summed E-state index contributed by atoms with van der Waals surface area (Å²) in [5, 5.41) is 24.0. The maximum absolute atomic E-state index is 12.8. The Balaban J connectivity index is 2.03. The summed E-state index contributed by atoms with van der Waals surface area (Å²) in [5.74, 6) is -2.42. The first-order chi connectivity index (χ1) is 14.3. The van der Waals surface area contributed by atoms with Gasteiger partial charge in [-0.2, -0.15) is 0 Å². The number of oxime groups is 1. The van der Waals surface area contributed by atoms with E-state index >= 15 is 0 Å². The second-order valence-corrected chi connectivity index (χ2v) is 7.29. The van der Waals surface area contributed by atoms with E-state index in [0.29, 0.717) is 6.42 Å². The van der Waals surface area contributed by atoms with Crippen molar-refractivity contribution in [2.45, 2.75) is 38.1 Å². The van der Waals surface area contributed by atoms with Gasteiger partial charge in [0, 0.05) is 18.9 Å². The van der Waals surface area contributed by atoms with Crippen molar-refractivity contribution < 1.29 is 34.1 Å². The number of hydrogen-bond donors (Lipinski definition) is 3. The van der Waals surface area contributed by atoms with Crippen LogP contribution in [0.15, 0.2) is 35.5 Å². The van der Waals surface area contributed by atoms with Crippen LogP contribution in [0.5, 0.6) is 11.5 Å². The topological polar surface area (TPSA) is 144 Å². The molecule has 1 aromatic rings. The molecule has 0 aliphatic carbocycles. The summed E-state index contributed by atoms with van der Waals surface area (Å²) in [5.41, 5.74) is 5.20. The van der Waals surface area contributed by atoms with Crippen molar-refractivity contribution in [3.8, 4) is 11.5 Å². The second-order valence-electron chi connectivity index (χ2n) is 6.92. The first kappa shape index (κ1) is 21.7. The zero-order valence-corrected chi connectivity index (χ0v) is 16.8. The molecule has 2 aliphatic heterocycles. The molecule has 1 aromatic carbocycles. The number of carbonyl (C=O) groups excluding carboxylic acids is 2. The van der Waals surface area contributed by atoms with Gasteiger partial charge in [0.25, 0.3) is 5.91 Å². The molecular formula is C20H21ClN2O7. The predicted molar refractivity (Wildman–Crippen MR) is 108 cm³/mol. The van der Waals surface area contributed by atoms with Gasteiger partial charge < -0.3 is 30.3 Å². The fraction of sp³-hybridized carbons (Fsp3) is 0.350. The van der Waals surface area contributed by atoms with Crippen LogP contribution >= 0.6 is 11.6 Å². The lowest BCUT2D eigenvalue weighted by Gasteiger charge is -2.17. The number of cyclic esters (lactones) is 1. The molecule has 0 aromatic heterocycles. The van der Waals surface area contributed by atoms with E-state index in [-0.39, 0.29) is 40.5 Å². The van der Waals surface area contributed by atoms with Gasteiger partial charge in [0.1, 0.15) is 29.3 Å². The molecule has 0 bridgehead atoms. The van der Waals surface area contributed by atoms with E-state index < -0.39 is 36.1 Å². The molecule has 0 saturated carbocycles. The Bertz CT molecular complexity index is 942. The van der Waals surface area contributed by atoms with Crippen molar-refractivity contribution in [2.75, 3.05) is 6.61 Å². The van der Waals surface area contributed by atoms with E-state index in [1.165, 1.54) is 0 Å². The third kappa shape index (κ3) is 5.31. The molecule has 2 heterocycles. The highest BCUT2D eigenvalue weighted by Crippen LogP contribution is 2.38. The average molecular weight is 437 g/mol. The number of benzene rings is 1. The predicted octanol–water partition coefficient (Wildman–Crippen LogP) is 1.98. The third-order valence-electron chi connectivity index (χ3n) is 4.47. The van der Waals surface area contributed by atoms with E-state index in [2.05, 4.69) is 5.16 Å². The van der Waals surface area contributed by atoms with E-state index in [9.17, 15) is 19.8 Å². The fourth-order valence-corrected chi connectivity index (χ4v) is 3.25. The van der Waals surface area contributed by atoms with E-state index in [1.807, 2.05) is 6.08 Å². The molecule has 1 fully saturated rings. The number of hydrogen-bond acceptors (Lipinski definition) is 8. The summed E-state index contributed by atoms with van der Waals surface area (Å²) in [6.45, 7) is 1.27. The lowest BCUT2D eigenvalue weighted by atomic mass is 9.99. The van der Waals surface area contributed by atoms with E-state index in [0.717, 1.165) is 6.07 Å². The summed E-state index contributed by atoms with van der Waals surface area (Å²) in [4.78, 5) is 28.6. The number of carbonyl (C=O) groups is 2. The maximum atomic E-state index is 12.8. The molecule has 0 radical (unpaired) electrons. The van der Waals surface area contributed by atoms with E-state index in [1.54, 1.807) is 25.2 Å². The standard InChI is InChI=1S/C20H21ClN2O7/c1-10-6-16-15(30-16)5-3-2-4-11(23-28-9-17(22)26)7-12-18(20(27)29-10)13(24)8-14(25)19(12)21/h2-5,8,10,15-16,24-25H,6-7,9H2,1H3,(H2,22,26)/b4-2+,5-3-,23-11?/t10-,15-,16-/m1/s1. The van der Waals surface area contributed by atoms with Crippen LogP contribution in [0, 0.1) is 0 Å². The summed E-state index contributed by atoms with van der Waals surface area (Å²) in [7, 11) is 0. The molecule has 1 amide bonds. The van der Waals surface area contributed by atoms with Gasteiger partial charge >= 0.3 is 5.97 Å². The minimum absolute atomic E-state index is 0.0797. The second kappa shape index (κ2) is 9.19. The molecule has 9 nitrogen and oxygen atoms in total. The summed E-state index contributed by atoms with van der Waals surface area (Å²) >= 11 is 6.22. The minimum atomic E-state index is -0.803. The van der Waals surface area contributed by atoms with Crippen molar-refractivity contribution in [1.82, 2.24) is 0 Å². The van der Waals surface area contributed by atoms with Gasteiger partial charge in [0.2, 0.25) is 0 Å². The summed E-state index contributed by atoms with van der Waals surface area (Å²) in [6, 6.07) is 0.967. The SMILES string of the molecule is C[C@@H]1C[C@H]2O[C@@H]2/C=C\C=C\C(=NOCC(N)=O)Cc2c(Cl)c(O)cc(O)c2C(=O)O1. The number of fused-ring (bicyclic) bond motifs is 2. The fourth-order valence-electron chi connectivity index (χ4n) is 3.03. The van der Waals surface area contributed by atoms with Crippen LogP contribution in [0.4, 0.5) is 0 Å². The molecule has 30 heavy (non-hydrogen) atoms. The van der Waals surface area contributed by atoms with Gasteiger partial charge in [-0.05, 0) is 18.6 Å². The Morgan fingerprint density at radius 3 is 2.87 bits per heavy atom. The monoisotopic (exact) mass is 436 g/mol. The molecule has 1 saturated heterocycles. The van der Waals surface area contributed by atoms with Crippen LogP contribution in [0.1, 0.15) is 29.3 Å². The normalized spacial score (nSPS) is 27.2. The Hall–Kier alpha value is -3.04. The van der Waals surface area contributed by atoms with Crippen molar-refractivity contribution >= 4 is 29.2 Å². The van der Waals surface area contributed by atoms with Crippen molar-refractivity contribution in [3.05, 3.63) is 46.5 Å². The average Bonchev–Trinajstić information content (AvgIpc) is 3.38. The van der Waals surface area contributed by atoms with Crippen molar-refractivity contribution in [3.63, 3.8) is 0 Å². The highest BCUT2D eigenvalue weighted by molar-refractivity contribution is 6.33. The van der Waals surface area contributed by atoms with Crippen molar-refractivity contribution in [1.29, 1.82) is 0 Å². The number of epoxide rings is 1. The maximum Gasteiger partial charge on any atom is 0.342 e. The van der Waals surface area contributed by atoms with Crippen molar-refractivity contribution in [2.24, 2.45) is 10.9 Å². The third-order valence-corrected chi connectivity index (χ3v) is 4.89. The van der Waals surface area contributed by atoms with Gasteiger partial charge in [-0.15, -0.1) is 0 Å². The molecule has 0 spiro atoms. The van der Waals surface area contributed by atoms with Gasteiger partial charge in [-0.3, -0.25) is 4.79 Å². The van der Waals surface area contributed by atoms with Crippen LogP contribution in [0.2, 0.25) is 5.02 Å². The molecule has 0 unspecified atom stereocenters. The number of ether oxygens (including phenoxy) is 2. The van der Waals surface area contributed by atoms with Crippen LogP contribution < -0.4 is 5.73 Å². The molecule has 160 valence electrons. The zero-order chi connectivity index (χ0) is 21.8. The number of primary amides is 1. The highest BCUT2D eigenvalue weighted by Gasteiger charge is 2.38. The zero-order valence-electron chi connectivity index (χ0n) is 16.1. The van der Waals surface area contributed by atoms with Gasteiger partial charge in [0.05, 0.1) is 16.8 Å². The van der Waals surface area contributed by atoms with Crippen LogP contribution in [0.25, 0.3) is 0 Å². The number of phenols is 2. The Kier molecular flexibility index (Phi) is 6.63. The minimum Gasteiger partial charge on any atom is -0.507 e. The molecule has 3 rings (SSSR count). The quantitative estimate of drug-likeness (QED) is 0.373. The molecular weight excluding hydrogens is 416 g/mol. The first-order valence-corrected chi connectivity index (χ1v) is 9.55. The number of halogens is 1. The largest absolute Gasteiger partial charge is 0.507 e. The number of nitrogens with two attached hydrogens (primary N) is 1. The summed E-state index contributed by atoms with van der Waals surface area (Å²) in [6.07, 6.45) is 6.59. The number of phenolic OH excluding ortho intramolecular Hbond substituents is 2. The van der Waals surface area contributed by atoms with Crippen LogP contribution in [0.3, 0.4) is 0 Å². The van der Waals surface area contributed by atoms with Gasteiger partial charge in [0.15, 0.2) is 6.61 Å². The first-order valence-electron chi connectivity index (χ1n) is 9.18. The Morgan fingerprint density at radius 1 is 1.37 bits per heavy atom. The Labute approximate surface area is 177 Å². The number of allylic oxidation sites excluding steroid dienone is 3. The number of esters is 1. The van der Waals surface area contributed by atoms with Crippen LogP contribution in [-0.2, 0) is 25.5 Å². The van der Waals surface area contributed by atoms with Gasteiger partial charge in [-0.1, -0.05) is 35.0 Å². The van der Waals surface area contributed by atoms with Crippen LogP contribution in [-0.4, -0.2) is 52.7 Å². The number of aromatic hydroxyl groups is 2.